The Balaban J connectivity index is 1.55. The third kappa shape index (κ3) is 4.71. The monoisotopic (exact) mass is 632 g/mol. The zero-order valence-electron chi connectivity index (χ0n) is 29.1. The van der Waals surface area contributed by atoms with Crippen molar-refractivity contribution in [3.63, 3.8) is 0 Å². The Bertz CT molecular complexity index is 2190. The molecule has 0 heterocycles. The average Bonchev–Trinajstić information content (AvgIpc) is 3.44. The highest BCUT2D eigenvalue weighted by atomic mass is 16.5. The van der Waals surface area contributed by atoms with E-state index in [1.807, 2.05) is 0 Å². The first kappa shape index (κ1) is 31.6. The fourth-order valence-electron chi connectivity index (χ4n) is 8.28. The van der Waals surface area contributed by atoms with Gasteiger partial charge in [-0.25, -0.2) is 0 Å². The van der Waals surface area contributed by atoms with Crippen LogP contribution in [0.5, 0.6) is 17.2 Å². The number of methoxy groups -OCH3 is 3. The van der Waals surface area contributed by atoms with E-state index >= 15 is 0 Å². The maximum absolute atomic E-state index is 5.86. The molecule has 3 heteroatoms. The Kier molecular flexibility index (Phi) is 8.03. The van der Waals surface area contributed by atoms with E-state index in [2.05, 4.69) is 143 Å². The molecule has 0 fully saturated rings. The Morgan fingerprint density at radius 3 is 1.96 bits per heavy atom. The highest BCUT2D eigenvalue weighted by molar-refractivity contribution is 6.07. The van der Waals surface area contributed by atoms with E-state index in [9.17, 15) is 0 Å². The number of rotatable bonds is 9. The first-order chi connectivity index (χ1) is 23.3. The summed E-state index contributed by atoms with van der Waals surface area (Å²) in [7, 11) is 5.15. The maximum Gasteiger partial charge on any atom is 0.161 e. The lowest BCUT2D eigenvalue weighted by atomic mass is 9.70. The smallest absolute Gasteiger partial charge is 0.161 e. The number of aryl methyl sites for hydroxylation is 1. The predicted octanol–water partition coefficient (Wildman–Crippen LogP) is 11.4. The zero-order valence-corrected chi connectivity index (χ0v) is 29.1. The third-order valence-electron chi connectivity index (χ3n) is 11.1. The van der Waals surface area contributed by atoms with E-state index < -0.39 is 5.41 Å². The van der Waals surface area contributed by atoms with Crippen molar-refractivity contribution in [1.82, 2.24) is 0 Å². The number of benzene rings is 6. The molecule has 0 aromatic heterocycles. The van der Waals surface area contributed by atoms with Gasteiger partial charge in [-0.3, -0.25) is 0 Å². The first-order valence-corrected chi connectivity index (χ1v) is 17.0. The average molecular weight is 633 g/mol. The molecule has 242 valence electrons. The summed E-state index contributed by atoms with van der Waals surface area (Å²) < 4.78 is 17.3. The predicted molar refractivity (Wildman–Crippen MR) is 201 cm³/mol. The van der Waals surface area contributed by atoms with Crippen LogP contribution in [0, 0.1) is 6.92 Å². The molecule has 0 amide bonds. The fraction of sp³-hybridized carbons (Fsp3) is 0.244. The van der Waals surface area contributed by atoms with Crippen LogP contribution in [0.1, 0.15) is 67.0 Å². The minimum Gasteiger partial charge on any atom is -0.497 e. The van der Waals surface area contributed by atoms with Crippen LogP contribution in [-0.2, 0) is 10.8 Å². The van der Waals surface area contributed by atoms with Gasteiger partial charge in [-0.05, 0) is 123 Å². The lowest BCUT2D eigenvalue weighted by Gasteiger charge is -2.33. The summed E-state index contributed by atoms with van der Waals surface area (Å²) in [6.07, 6.45) is 6.85. The van der Waals surface area contributed by atoms with Crippen molar-refractivity contribution in [3.05, 3.63) is 143 Å². The van der Waals surface area contributed by atoms with Crippen molar-refractivity contribution >= 4 is 27.6 Å². The van der Waals surface area contributed by atoms with E-state index in [1.165, 1.54) is 66.1 Å². The van der Waals surface area contributed by atoms with Gasteiger partial charge in [-0.15, -0.1) is 0 Å². The van der Waals surface area contributed by atoms with Gasteiger partial charge in [0.05, 0.1) is 21.3 Å². The van der Waals surface area contributed by atoms with Gasteiger partial charge in [0.25, 0.3) is 0 Å². The summed E-state index contributed by atoms with van der Waals surface area (Å²) >= 11 is 0. The molecule has 0 saturated heterocycles. The highest BCUT2D eigenvalue weighted by Crippen LogP contribution is 2.58. The maximum atomic E-state index is 5.86. The Morgan fingerprint density at radius 1 is 0.667 bits per heavy atom. The molecule has 1 aliphatic carbocycles. The van der Waals surface area contributed by atoms with Crippen molar-refractivity contribution in [2.45, 2.75) is 51.4 Å². The molecule has 0 N–H and O–H groups in total. The number of hydrogen-bond donors (Lipinski definition) is 0. The molecule has 3 nitrogen and oxygen atoms in total. The topological polar surface area (TPSA) is 27.7 Å². The van der Waals surface area contributed by atoms with E-state index in [4.69, 9.17) is 14.2 Å². The summed E-state index contributed by atoms with van der Waals surface area (Å²) in [6, 6.07) is 37.4. The second-order valence-electron chi connectivity index (χ2n) is 13.2. The van der Waals surface area contributed by atoms with Crippen molar-refractivity contribution in [2.24, 2.45) is 0 Å². The molecule has 0 spiro atoms. The van der Waals surface area contributed by atoms with Crippen molar-refractivity contribution in [2.75, 3.05) is 21.3 Å². The van der Waals surface area contributed by atoms with Crippen LogP contribution in [0.3, 0.4) is 0 Å². The van der Waals surface area contributed by atoms with Crippen LogP contribution in [0.15, 0.2) is 109 Å². The van der Waals surface area contributed by atoms with Gasteiger partial charge in [0.2, 0.25) is 0 Å². The van der Waals surface area contributed by atoms with Crippen LogP contribution in [0.4, 0.5) is 0 Å². The summed E-state index contributed by atoms with van der Waals surface area (Å²) in [5.41, 5.74) is 9.89. The van der Waals surface area contributed by atoms with Gasteiger partial charge in [-0.2, -0.15) is 0 Å². The molecule has 0 saturated carbocycles. The SMILES string of the molecule is CCC1(CC)c2ccccc2-c2c1c(/C=C\C(C)(c1ccc(OC)cc1)c1ccc3ccccc3c1)c(C)c1cc(OC)c(OC)cc21. The molecule has 6 aromatic carbocycles. The van der Waals surface area contributed by atoms with Gasteiger partial charge in [0, 0.05) is 10.8 Å². The van der Waals surface area contributed by atoms with Gasteiger partial charge in [0.15, 0.2) is 11.5 Å². The van der Waals surface area contributed by atoms with E-state index in [0.717, 1.165) is 30.1 Å². The largest absolute Gasteiger partial charge is 0.497 e. The molecular formula is C45H44O3. The van der Waals surface area contributed by atoms with Gasteiger partial charge < -0.3 is 14.2 Å². The van der Waals surface area contributed by atoms with E-state index in [1.54, 1.807) is 21.3 Å². The lowest BCUT2D eigenvalue weighted by Crippen LogP contribution is -2.25. The normalized spacial score (nSPS) is 14.6. The highest BCUT2D eigenvalue weighted by Gasteiger charge is 2.43. The van der Waals surface area contributed by atoms with Crippen LogP contribution in [0.2, 0.25) is 0 Å². The number of allylic oxidation sites excluding steroid dienone is 1. The first-order valence-electron chi connectivity index (χ1n) is 17.0. The summed E-state index contributed by atoms with van der Waals surface area (Å²) in [5, 5.41) is 4.86. The molecule has 0 bridgehead atoms. The van der Waals surface area contributed by atoms with Gasteiger partial charge in [-0.1, -0.05) is 98.8 Å². The quantitative estimate of drug-likeness (QED) is 0.159. The van der Waals surface area contributed by atoms with Crippen LogP contribution >= 0.6 is 0 Å². The molecule has 48 heavy (non-hydrogen) atoms. The second-order valence-corrected chi connectivity index (χ2v) is 13.2. The fourth-order valence-corrected chi connectivity index (χ4v) is 8.28. The zero-order chi connectivity index (χ0) is 33.6. The van der Waals surface area contributed by atoms with Gasteiger partial charge >= 0.3 is 0 Å². The van der Waals surface area contributed by atoms with Crippen LogP contribution < -0.4 is 14.2 Å². The van der Waals surface area contributed by atoms with Crippen LogP contribution in [0.25, 0.3) is 38.7 Å². The van der Waals surface area contributed by atoms with Crippen molar-refractivity contribution in [1.29, 1.82) is 0 Å². The van der Waals surface area contributed by atoms with E-state index in [0.29, 0.717) is 0 Å². The Morgan fingerprint density at radius 2 is 1.29 bits per heavy atom. The summed E-state index contributed by atoms with van der Waals surface area (Å²) in [4.78, 5) is 0. The number of fused-ring (bicyclic) bond motifs is 6. The van der Waals surface area contributed by atoms with Crippen LogP contribution in [-0.4, -0.2) is 21.3 Å². The van der Waals surface area contributed by atoms with Gasteiger partial charge in [0.1, 0.15) is 5.75 Å². The minimum absolute atomic E-state index is 0.114. The molecule has 1 atom stereocenters. The second kappa shape index (κ2) is 12.2. The standard InChI is InChI=1S/C45H44O3/c1-8-45(9-2)39-17-13-12-16-36(39)42-38-28-41(48-7)40(47-6)27-37(38)29(3)35(43(42)45)24-25-44(4,32-20-22-34(46-5)23-21-32)33-19-18-30-14-10-11-15-31(30)26-33/h10-28H,8-9H2,1-7H3/b25-24-. The summed E-state index contributed by atoms with van der Waals surface area (Å²) in [6.45, 7) is 9.29. The summed E-state index contributed by atoms with van der Waals surface area (Å²) in [5.74, 6) is 2.34. The third-order valence-corrected chi connectivity index (χ3v) is 11.1. The molecular weight excluding hydrogens is 588 g/mol. The lowest BCUT2D eigenvalue weighted by molar-refractivity contribution is 0.356. The number of ether oxygens (including phenoxy) is 3. The molecule has 1 unspecified atom stereocenters. The van der Waals surface area contributed by atoms with E-state index in [-0.39, 0.29) is 5.41 Å². The molecule has 1 aliphatic rings. The Labute approximate surface area is 284 Å². The minimum atomic E-state index is -0.422. The molecule has 0 aliphatic heterocycles. The number of hydrogen-bond acceptors (Lipinski definition) is 3. The van der Waals surface area contributed by atoms with Crippen molar-refractivity contribution < 1.29 is 14.2 Å². The molecule has 7 rings (SSSR count). The molecule has 6 aromatic rings. The Hall–Kier alpha value is -5.02. The van der Waals surface area contributed by atoms with Crippen molar-refractivity contribution in [3.8, 4) is 28.4 Å². The molecule has 0 radical (unpaired) electrons.